The van der Waals surface area contributed by atoms with Gasteiger partial charge in [0.2, 0.25) is 0 Å². The van der Waals surface area contributed by atoms with E-state index in [4.69, 9.17) is 5.11 Å². The van der Waals surface area contributed by atoms with Gasteiger partial charge < -0.3 is 10.0 Å². The quantitative estimate of drug-likeness (QED) is 0.656. The first kappa shape index (κ1) is 12.0. The van der Waals surface area contributed by atoms with Crippen molar-refractivity contribution in [3.05, 3.63) is 38.3 Å². The van der Waals surface area contributed by atoms with Crippen molar-refractivity contribution in [1.82, 2.24) is 4.90 Å². The van der Waals surface area contributed by atoms with E-state index in [-0.39, 0.29) is 30.2 Å². The number of nitro benzene ring substituents is 1. The van der Waals surface area contributed by atoms with Gasteiger partial charge in [-0.3, -0.25) is 14.9 Å². The maximum Gasteiger partial charge on any atom is 0.284 e. The molecular weight excluding hydrogens is 292 g/mol. The van der Waals surface area contributed by atoms with E-state index in [1.807, 2.05) is 0 Å². The molecule has 0 bridgehead atoms. The molecule has 0 spiro atoms. The van der Waals surface area contributed by atoms with Gasteiger partial charge in [-0.25, -0.2) is 0 Å². The molecule has 6 nitrogen and oxygen atoms in total. The Hall–Kier alpha value is -1.47. The molecule has 1 aliphatic heterocycles. The minimum absolute atomic E-state index is 0.142. The smallest absolute Gasteiger partial charge is 0.284 e. The van der Waals surface area contributed by atoms with Crippen LogP contribution in [-0.2, 0) is 0 Å². The Morgan fingerprint density at radius 1 is 1.53 bits per heavy atom. The molecule has 1 aromatic carbocycles. The Morgan fingerprint density at radius 2 is 2.18 bits per heavy atom. The lowest BCUT2D eigenvalue weighted by atomic mass is 10.1. The van der Waals surface area contributed by atoms with Gasteiger partial charge in [0, 0.05) is 24.7 Å². The van der Waals surface area contributed by atoms with Crippen LogP contribution in [0.3, 0.4) is 0 Å². The van der Waals surface area contributed by atoms with Crippen LogP contribution in [0.15, 0.2) is 22.7 Å². The monoisotopic (exact) mass is 300 g/mol. The predicted molar refractivity (Wildman–Crippen MR) is 62.7 cm³/mol. The van der Waals surface area contributed by atoms with Gasteiger partial charge in [0.05, 0.1) is 15.5 Å². The van der Waals surface area contributed by atoms with Crippen molar-refractivity contribution >= 4 is 27.5 Å². The molecule has 1 heterocycles. The first-order valence-corrected chi connectivity index (χ1v) is 5.69. The van der Waals surface area contributed by atoms with E-state index >= 15 is 0 Å². The molecule has 1 amide bonds. The SMILES string of the molecule is O=C(c1ccc(Br)c([N+](=O)[O-])c1)N1CC(O)C1. The maximum absolute atomic E-state index is 11.8. The van der Waals surface area contributed by atoms with Crippen LogP contribution in [-0.4, -0.2) is 40.0 Å². The third-order valence-electron chi connectivity index (χ3n) is 2.54. The highest BCUT2D eigenvalue weighted by atomic mass is 79.9. The summed E-state index contributed by atoms with van der Waals surface area (Å²) in [5, 5.41) is 19.8. The third kappa shape index (κ3) is 2.29. The number of halogens is 1. The van der Waals surface area contributed by atoms with E-state index in [9.17, 15) is 14.9 Å². The van der Waals surface area contributed by atoms with Gasteiger partial charge in [0.25, 0.3) is 11.6 Å². The normalized spacial score (nSPS) is 15.5. The minimum Gasteiger partial charge on any atom is -0.389 e. The molecule has 0 radical (unpaired) electrons. The average Bonchev–Trinajstić information content (AvgIpc) is 2.24. The number of nitro groups is 1. The number of likely N-dealkylation sites (tertiary alicyclic amines) is 1. The second kappa shape index (κ2) is 4.42. The standard InChI is InChI=1S/C10H9BrN2O4/c11-8-2-1-6(3-9(8)13(16)17)10(15)12-4-7(14)5-12/h1-3,7,14H,4-5H2. The zero-order valence-electron chi connectivity index (χ0n) is 8.67. The number of amides is 1. The molecule has 0 atom stereocenters. The van der Waals surface area contributed by atoms with E-state index in [1.165, 1.54) is 23.1 Å². The average molecular weight is 301 g/mol. The molecule has 0 aliphatic carbocycles. The first-order valence-electron chi connectivity index (χ1n) is 4.90. The van der Waals surface area contributed by atoms with Crippen LogP contribution in [0, 0.1) is 10.1 Å². The van der Waals surface area contributed by atoms with Crippen molar-refractivity contribution in [2.24, 2.45) is 0 Å². The van der Waals surface area contributed by atoms with Crippen LogP contribution in [0.5, 0.6) is 0 Å². The first-order chi connectivity index (χ1) is 7.99. The van der Waals surface area contributed by atoms with Crippen molar-refractivity contribution in [2.75, 3.05) is 13.1 Å². The number of aliphatic hydroxyl groups excluding tert-OH is 1. The van der Waals surface area contributed by atoms with E-state index in [1.54, 1.807) is 0 Å². The molecule has 7 heteroatoms. The summed E-state index contributed by atoms with van der Waals surface area (Å²) in [5.74, 6) is -0.300. The lowest BCUT2D eigenvalue weighted by Gasteiger charge is -2.35. The summed E-state index contributed by atoms with van der Waals surface area (Å²) in [5.41, 5.74) is 0.115. The highest BCUT2D eigenvalue weighted by Crippen LogP contribution is 2.26. The third-order valence-corrected chi connectivity index (χ3v) is 3.21. The van der Waals surface area contributed by atoms with Crippen LogP contribution >= 0.6 is 15.9 Å². The lowest BCUT2D eigenvalue weighted by molar-refractivity contribution is -0.385. The number of carbonyl (C=O) groups excluding carboxylic acids is 1. The Balaban J connectivity index is 2.24. The van der Waals surface area contributed by atoms with Crippen molar-refractivity contribution in [3.63, 3.8) is 0 Å². The Morgan fingerprint density at radius 3 is 2.71 bits per heavy atom. The number of nitrogens with zero attached hydrogens (tertiary/aromatic N) is 2. The van der Waals surface area contributed by atoms with E-state index in [2.05, 4.69) is 15.9 Å². The molecule has 90 valence electrons. The maximum atomic E-state index is 11.8. The minimum atomic E-state index is -0.550. The summed E-state index contributed by atoms with van der Waals surface area (Å²) in [6.45, 7) is 0.561. The van der Waals surface area contributed by atoms with Gasteiger partial charge in [-0.05, 0) is 28.1 Å². The summed E-state index contributed by atoms with van der Waals surface area (Å²) in [4.78, 5) is 23.4. The van der Waals surface area contributed by atoms with Crippen LogP contribution in [0.1, 0.15) is 10.4 Å². The van der Waals surface area contributed by atoms with E-state index in [0.717, 1.165) is 0 Å². The number of β-amino-alcohol motifs (C(OH)–C–C–N with tert-alkyl or cyclic N) is 1. The molecule has 1 aliphatic rings. The van der Waals surface area contributed by atoms with E-state index < -0.39 is 11.0 Å². The van der Waals surface area contributed by atoms with Gasteiger partial charge in [-0.1, -0.05) is 0 Å². The zero-order valence-corrected chi connectivity index (χ0v) is 10.3. The van der Waals surface area contributed by atoms with Gasteiger partial charge in [0.15, 0.2) is 0 Å². The molecule has 0 unspecified atom stereocenters. The molecule has 17 heavy (non-hydrogen) atoms. The fraction of sp³-hybridized carbons (Fsp3) is 0.300. The number of hydrogen-bond acceptors (Lipinski definition) is 4. The van der Waals surface area contributed by atoms with Crippen LogP contribution in [0.25, 0.3) is 0 Å². The molecule has 1 aromatic rings. The van der Waals surface area contributed by atoms with Crippen molar-refractivity contribution in [3.8, 4) is 0 Å². The van der Waals surface area contributed by atoms with Gasteiger partial charge in [-0.2, -0.15) is 0 Å². The summed E-state index contributed by atoms with van der Waals surface area (Å²) in [6.07, 6.45) is -0.482. The van der Waals surface area contributed by atoms with Gasteiger partial charge in [0.1, 0.15) is 0 Å². The lowest BCUT2D eigenvalue weighted by Crippen LogP contribution is -2.53. The summed E-state index contributed by atoms with van der Waals surface area (Å²) < 4.78 is 0.336. The Kier molecular flexibility index (Phi) is 3.12. The fourth-order valence-electron chi connectivity index (χ4n) is 1.59. The number of rotatable bonds is 2. The Bertz CT molecular complexity index is 485. The molecule has 0 aromatic heterocycles. The second-order valence-corrected chi connectivity index (χ2v) is 4.64. The van der Waals surface area contributed by atoms with Gasteiger partial charge in [-0.15, -0.1) is 0 Å². The summed E-state index contributed by atoms with van der Waals surface area (Å²) in [7, 11) is 0. The van der Waals surface area contributed by atoms with Crippen LogP contribution < -0.4 is 0 Å². The summed E-state index contributed by atoms with van der Waals surface area (Å²) in [6, 6.07) is 4.23. The topological polar surface area (TPSA) is 83.7 Å². The molecule has 1 saturated heterocycles. The number of carbonyl (C=O) groups is 1. The molecule has 1 fully saturated rings. The highest BCUT2D eigenvalue weighted by molar-refractivity contribution is 9.10. The number of benzene rings is 1. The van der Waals surface area contributed by atoms with E-state index in [0.29, 0.717) is 4.47 Å². The van der Waals surface area contributed by atoms with Crippen LogP contribution in [0.4, 0.5) is 5.69 Å². The molecule has 2 rings (SSSR count). The van der Waals surface area contributed by atoms with Gasteiger partial charge >= 0.3 is 0 Å². The van der Waals surface area contributed by atoms with Crippen molar-refractivity contribution in [1.29, 1.82) is 0 Å². The van der Waals surface area contributed by atoms with Crippen LogP contribution in [0.2, 0.25) is 0 Å². The number of hydrogen-bond donors (Lipinski definition) is 1. The van der Waals surface area contributed by atoms with Crippen molar-refractivity contribution in [2.45, 2.75) is 6.10 Å². The summed E-state index contributed by atoms with van der Waals surface area (Å²) >= 11 is 3.05. The number of aliphatic hydroxyl groups is 1. The second-order valence-electron chi connectivity index (χ2n) is 3.79. The van der Waals surface area contributed by atoms with Crippen molar-refractivity contribution < 1.29 is 14.8 Å². The molecule has 1 N–H and O–H groups in total. The molecule has 0 saturated carbocycles. The largest absolute Gasteiger partial charge is 0.389 e. The highest BCUT2D eigenvalue weighted by Gasteiger charge is 2.30. The zero-order chi connectivity index (χ0) is 12.6. The predicted octanol–water partition coefficient (Wildman–Crippen LogP) is 1.17. The Labute approximate surface area is 105 Å². The molecular formula is C10H9BrN2O4. The fourth-order valence-corrected chi connectivity index (χ4v) is 1.98.